The summed E-state index contributed by atoms with van der Waals surface area (Å²) in [5.41, 5.74) is 2.00. The Bertz CT molecular complexity index is 1030. The van der Waals surface area contributed by atoms with Crippen molar-refractivity contribution in [2.24, 2.45) is 0 Å². The van der Waals surface area contributed by atoms with E-state index in [1.807, 2.05) is 6.07 Å². The maximum atomic E-state index is 11.2. The second-order valence-corrected chi connectivity index (χ2v) is 6.42. The van der Waals surface area contributed by atoms with Crippen molar-refractivity contribution in [1.82, 2.24) is 10.3 Å². The van der Waals surface area contributed by atoms with Gasteiger partial charge in [0.25, 0.3) is 5.69 Å². The van der Waals surface area contributed by atoms with Crippen molar-refractivity contribution < 1.29 is 31.9 Å². The fourth-order valence-electron chi connectivity index (χ4n) is 3.19. The Hall–Kier alpha value is -2.88. The molecular formula is C20H24ClN4O5-. The molecule has 0 atom stereocenters. The molecule has 0 bridgehead atoms. The number of non-ortho nitro benzene ring substituents is 1. The molecule has 162 valence electrons. The van der Waals surface area contributed by atoms with Gasteiger partial charge in [0.1, 0.15) is 0 Å². The standard InChI is InChI=1S/C20H24N4O5.ClH/c1-28-18-11-15-17(12-19(18)29-2)23-16-10-13(24(26)27)4-5-14(16)20(15)22-7-3-6-21-8-9-25;/h4-5,10-12,21,25H,3,6-9H2,1-2H3,(H,22,23);1H/p-1. The highest BCUT2D eigenvalue weighted by molar-refractivity contribution is 6.08. The molecule has 0 saturated carbocycles. The molecule has 0 aliphatic carbocycles. The Kier molecular flexibility index (Phi) is 8.40. The lowest BCUT2D eigenvalue weighted by Crippen LogP contribution is -3.00. The maximum absolute atomic E-state index is 11.2. The van der Waals surface area contributed by atoms with Gasteiger partial charge in [0.15, 0.2) is 11.5 Å². The molecule has 3 aromatic rings. The van der Waals surface area contributed by atoms with E-state index in [1.54, 1.807) is 26.4 Å². The van der Waals surface area contributed by atoms with Gasteiger partial charge in [0, 0.05) is 42.1 Å². The number of benzene rings is 2. The van der Waals surface area contributed by atoms with Gasteiger partial charge in [-0.3, -0.25) is 10.1 Å². The number of hydrogen-bond acceptors (Lipinski definition) is 8. The van der Waals surface area contributed by atoms with Crippen LogP contribution in [0.25, 0.3) is 21.8 Å². The molecule has 0 saturated heterocycles. The number of methoxy groups -OCH3 is 2. The fourth-order valence-corrected chi connectivity index (χ4v) is 3.19. The van der Waals surface area contributed by atoms with Crippen LogP contribution in [0.5, 0.6) is 11.5 Å². The summed E-state index contributed by atoms with van der Waals surface area (Å²) in [5.74, 6) is 1.12. The van der Waals surface area contributed by atoms with E-state index in [-0.39, 0.29) is 24.7 Å². The van der Waals surface area contributed by atoms with E-state index >= 15 is 0 Å². The van der Waals surface area contributed by atoms with Gasteiger partial charge in [0.2, 0.25) is 0 Å². The molecule has 2 aromatic carbocycles. The molecule has 1 heterocycles. The van der Waals surface area contributed by atoms with Crippen LogP contribution in [0.4, 0.5) is 11.4 Å². The lowest BCUT2D eigenvalue weighted by molar-refractivity contribution is -0.384. The third kappa shape index (κ3) is 4.99. The summed E-state index contributed by atoms with van der Waals surface area (Å²) in [7, 11) is 3.12. The summed E-state index contributed by atoms with van der Waals surface area (Å²) in [5, 5.41) is 28.2. The van der Waals surface area contributed by atoms with Gasteiger partial charge in [-0.1, -0.05) is 0 Å². The fraction of sp³-hybridized carbons (Fsp3) is 0.350. The van der Waals surface area contributed by atoms with Crippen LogP contribution in [0, 0.1) is 10.1 Å². The van der Waals surface area contributed by atoms with Gasteiger partial charge in [-0.05, 0) is 25.1 Å². The summed E-state index contributed by atoms with van der Waals surface area (Å²) in [6.07, 6.45) is 0.839. The van der Waals surface area contributed by atoms with Gasteiger partial charge in [-0.15, -0.1) is 0 Å². The number of anilines is 1. The lowest BCUT2D eigenvalue weighted by Gasteiger charge is -2.15. The predicted octanol–water partition coefficient (Wildman–Crippen LogP) is -0.299. The zero-order chi connectivity index (χ0) is 20.8. The van der Waals surface area contributed by atoms with Crippen molar-refractivity contribution in [2.45, 2.75) is 6.42 Å². The number of aliphatic hydroxyl groups is 1. The molecule has 0 spiro atoms. The van der Waals surface area contributed by atoms with Crippen molar-refractivity contribution >= 4 is 33.2 Å². The van der Waals surface area contributed by atoms with E-state index in [2.05, 4.69) is 15.6 Å². The molecule has 0 aliphatic heterocycles. The number of nitro groups is 1. The van der Waals surface area contributed by atoms with Gasteiger partial charge in [-0.2, -0.15) is 0 Å². The molecule has 30 heavy (non-hydrogen) atoms. The van der Waals surface area contributed by atoms with Gasteiger partial charge >= 0.3 is 0 Å². The Morgan fingerprint density at radius 3 is 2.40 bits per heavy atom. The van der Waals surface area contributed by atoms with Crippen LogP contribution in [0.1, 0.15) is 6.42 Å². The quantitative estimate of drug-likeness (QED) is 0.172. The van der Waals surface area contributed by atoms with Crippen molar-refractivity contribution in [1.29, 1.82) is 0 Å². The Balaban J connectivity index is 0.00000320. The van der Waals surface area contributed by atoms with Gasteiger partial charge < -0.3 is 37.6 Å². The minimum Gasteiger partial charge on any atom is -1.00 e. The Morgan fingerprint density at radius 2 is 1.73 bits per heavy atom. The van der Waals surface area contributed by atoms with Gasteiger partial charge in [-0.25, -0.2) is 4.98 Å². The lowest BCUT2D eigenvalue weighted by atomic mass is 10.1. The number of hydrogen-bond donors (Lipinski definition) is 3. The highest BCUT2D eigenvalue weighted by Gasteiger charge is 2.16. The highest BCUT2D eigenvalue weighted by atomic mass is 35.5. The molecule has 1 aromatic heterocycles. The highest BCUT2D eigenvalue weighted by Crippen LogP contribution is 2.38. The zero-order valence-corrected chi connectivity index (χ0v) is 17.5. The summed E-state index contributed by atoms with van der Waals surface area (Å²) < 4.78 is 10.8. The molecule has 0 fully saturated rings. The van der Waals surface area contributed by atoms with Crippen LogP contribution in [0.2, 0.25) is 0 Å². The molecule has 9 nitrogen and oxygen atoms in total. The minimum atomic E-state index is -0.431. The molecule has 0 aliphatic rings. The second-order valence-electron chi connectivity index (χ2n) is 6.42. The topological polar surface area (TPSA) is 119 Å². The molecule has 3 rings (SSSR count). The number of aromatic nitrogens is 1. The third-order valence-electron chi connectivity index (χ3n) is 4.59. The number of nitrogens with one attached hydrogen (secondary N) is 2. The van der Waals surface area contributed by atoms with E-state index in [0.29, 0.717) is 35.6 Å². The van der Waals surface area contributed by atoms with Crippen molar-refractivity contribution in [3.8, 4) is 11.5 Å². The average Bonchev–Trinajstić information content (AvgIpc) is 2.73. The first-order valence-corrected chi connectivity index (χ1v) is 9.28. The van der Waals surface area contributed by atoms with E-state index < -0.39 is 4.92 Å². The van der Waals surface area contributed by atoms with E-state index in [9.17, 15) is 10.1 Å². The SMILES string of the molecule is COc1cc2nc3cc([N+](=O)[O-])ccc3c(NCCCNCCO)c2cc1OC.[Cl-]. The number of pyridine rings is 1. The van der Waals surface area contributed by atoms with Crippen LogP contribution >= 0.6 is 0 Å². The second kappa shape index (κ2) is 10.8. The van der Waals surface area contributed by atoms with E-state index in [4.69, 9.17) is 14.6 Å². The average molecular weight is 436 g/mol. The molecule has 0 radical (unpaired) electrons. The van der Waals surface area contributed by atoms with E-state index in [1.165, 1.54) is 12.1 Å². The van der Waals surface area contributed by atoms with Crippen molar-refractivity contribution in [3.05, 3.63) is 40.4 Å². The number of fused-ring (bicyclic) bond motifs is 2. The Morgan fingerprint density at radius 1 is 1.03 bits per heavy atom. The monoisotopic (exact) mass is 435 g/mol. The summed E-state index contributed by atoms with van der Waals surface area (Å²) >= 11 is 0. The first-order chi connectivity index (χ1) is 14.1. The Labute approximate surface area is 179 Å². The van der Waals surface area contributed by atoms with Crippen molar-refractivity contribution in [3.63, 3.8) is 0 Å². The largest absolute Gasteiger partial charge is 1.00 e. The minimum absolute atomic E-state index is 0. The molecule has 3 N–H and O–H groups in total. The van der Waals surface area contributed by atoms with Gasteiger partial charge in [0.05, 0.1) is 42.5 Å². The third-order valence-corrected chi connectivity index (χ3v) is 4.59. The molecular weight excluding hydrogens is 412 g/mol. The molecule has 0 amide bonds. The molecule has 10 heteroatoms. The van der Waals surface area contributed by atoms with Crippen LogP contribution in [-0.4, -0.2) is 55.5 Å². The maximum Gasteiger partial charge on any atom is 0.271 e. The number of aliphatic hydroxyl groups excluding tert-OH is 1. The summed E-state index contributed by atoms with van der Waals surface area (Å²) in [4.78, 5) is 15.4. The number of rotatable bonds is 10. The predicted molar refractivity (Wildman–Crippen MR) is 112 cm³/mol. The summed E-state index contributed by atoms with van der Waals surface area (Å²) in [6, 6.07) is 8.28. The smallest absolute Gasteiger partial charge is 0.271 e. The molecule has 0 unspecified atom stereocenters. The normalized spacial score (nSPS) is 10.6. The number of ether oxygens (including phenoxy) is 2. The van der Waals surface area contributed by atoms with Crippen molar-refractivity contribution in [2.75, 3.05) is 45.8 Å². The van der Waals surface area contributed by atoms with Crippen LogP contribution in [0.15, 0.2) is 30.3 Å². The van der Waals surface area contributed by atoms with Crippen LogP contribution in [-0.2, 0) is 0 Å². The zero-order valence-electron chi connectivity index (χ0n) is 16.8. The van der Waals surface area contributed by atoms with Crippen LogP contribution < -0.4 is 32.5 Å². The first-order valence-electron chi connectivity index (χ1n) is 9.28. The van der Waals surface area contributed by atoms with Crippen LogP contribution in [0.3, 0.4) is 0 Å². The first kappa shape index (κ1) is 23.4. The number of halogens is 1. The van der Waals surface area contributed by atoms with E-state index in [0.717, 1.165) is 29.4 Å². The number of nitro benzene ring substituents is 1. The summed E-state index contributed by atoms with van der Waals surface area (Å²) in [6.45, 7) is 2.10. The number of nitrogens with zero attached hydrogens (tertiary/aromatic N) is 2.